The fraction of sp³-hybridized carbons (Fsp3) is 0.238. The molecule has 1 heterocycles. The Morgan fingerprint density at radius 3 is 2.31 bits per heavy atom. The lowest BCUT2D eigenvalue weighted by Gasteiger charge is -2.17. The summed E-state index contributed by atoms with van der Waals surface area (Å²) in [5.41, 5.74) is -4.89. The van der Waals surface area contributed by atoms with Gasteiger partial charge in [0.1, 0.15) is 11.5 Å². The molecule has 1 aromatic heterocycles. The number of phenols is 1. The largest absolute Gasteiger partial charge is 0.506 e. The number of rotatable bonds is 5. The molecule has 2 N–H and O–H groups in total. The molecule has 3 aromatic rings. The normalized spacial score (nSPS) is 13.0. The SMILES string of the molecule is Cc1noc(C)c1-c1cc(S(C)=O)c(C)c(C(=O)Nc2ccc(S(=O)(=O)C(F)(F)F)cc2Cl)c1O. The number of nitrogens with one attached hydrogen (secondary N) is 1. The first-order valence-electron chi connectivity index (χ1n) is 9.63. The molecule has 0 bridgehead atoms. The van der Waals surface area contributed by atoms with Gasteiger partial charge >= 0.3 is 5.51 Å². The summed E-state index contributed by atoms with van der Waals surface area (Å²) in [6.45, 7) is 4.67. The van der Waals surface area contributed by atoms with Crippen LogP contribution in [0.1, 0.15) is 27.4 Å². The van der Waals surface area contributed by atoms with E-state index in [1.54, 1.807) is 13.8 Å². The van der Waals surface area contributed by atoms with Crippen molar-refractivity contribution in [3.63, 3.8) is 0 Å². The monoisotopic (exact) mass is 550 g/mol. The zero-order valence-electron chi connectivity index (χ0n) is 18.6. The number of alkyl halides is 3. The van der Waals surface area contributed by atoms with E-state index in [0.29, 0.717) is 29.2 Å². The molecular formula is C21H18ClF3N2O6S2. The van der Waals surface area contributed by atoms with Crippen LogP contribution in [0.3, 0.4) is 0 Å². The average Bonchev–Trinajstić information content (AvgIpc) is 3.06. The third-order valence-corrected chi connectivity index (χ3v) is 8.00. The zero-order valence-corrected chi connectivity index (χ0v) is 21.0. The highest BCUT2D eigenvalue weighted by atomic mass is 35.5. The minimum Gasteiger partial charge on any atom is -0.506 e. The summed E-state index contributed by atoms with van der Waals surface area (Å²) in [6, 6.07) is 3.54. The smallest absolute Gasteiger partial charge is 0.501 e. The summed E-state index contributed by atoms with van der Waals surface area (Å²) in [4.78, 5) is 12.3. The van der Waals surface area contributed by atoms with Crippen LogP contribution in [-0.2, 0) is 20.6 Å². The second kappa shape index (κ2) is 9.28. The lowest BCUT2D eigenvalue weighted by Crippen LogP contribution is -2.23. The van der Waals surface area contributed by atoms with Gasteiger partial charge in [-0.1, -0.05) is 16.8 Å². The Bertz CT molecular complexity index is 1460. The lowest BCUT2D eigenvalue weighted by molar-refractivity contribution is -0.0436. The Morgan fingerprint density at radius 2 is 1.83 bits per heavy atom. The molecule has 188 valence electrons. The predicted molar refractivity (Wildman–Crippen MR) is 123 cm³/mol. The van der Waals surface area contributed by atoms with E-state index in [0.717, 1.165) is 6.07 Å². The van der Waals surface area contributed by atoms with Gasteiger partial charge in [0.25, 0.3) is 15.7 Å². The van der Waals surface area contributed by atoms with Crippen molar-refractivity contribution in [2.45, 2.75) is 36.1 Å². The van der Waals surface area contributed by atoms with Crippen molar-refractivity contribution in [2.24, 2.45) is 0 Å². The van der Waals surface area contributed by atoms with Crippen molar-refractivity contribution >= 4 is 43.8 Å². The molecule has 3 rings (SSSR count). The van der Waals surface area contributed by atoms with Gasteiger partial charge in [0.2, 0.25) is 0 Å². The summed E-state index contributed by atoms with van der Waals surface area (Å²) < 4.78 is 79.2. The van der Waals surface area contributed by atoms with Gasteiger partial charge in [-0.25, -0.2) is 8.42 Å². The van der Waals surface area contributed by atoms with Gasteiger partial charge in [0.15, 0.2) is 0 Å². The number of carbonyl (C=O) groups excluding carboxylic acids is 1. The van der Waals surface area contributed by atoms with Crippen molar-refractivity contribution < 1.29 is 40.2 Å². The third kappa shape index (κ3) is 4.80. The number of nitrogens with zero attached hydrogens (tertiary/aromatic N) is 1. The number of sulfone groups is 1. The maximum absolute atomic E-state index is 13.1. The zero-order chi connectivity index (χ0) is 26.5. The first-order valence-corrected chi connectivity index (χ1v) is 13.0. The van der Waals surface area contributed by atoms with Crippen LogP contribution in [0.4, 0.5) is 18.9 Å². The summed E-state index contributed by atoms with van der Waals surface area (Å²) in [5, 5.41) is 16.7. The highest BCUT2D eigenvalue weighted by Crippen LogP contribution is 2.41. The molecule has 14 heteroatoms. The molecule has 1 amide bonds. The molecule has 0 saturated carbocycles. The second-order valence-corrected chi connectivity index (χ2v) is 11.2. The number of aromatic hydroxyl groups is 1. The predicted octanol–water partition coefficient (Wildman–Crippen LogP) is 4.91. The number of carbonyl (C=O) groups is 1. The quantitative estimate of drug-likeness (QED) is 0.462. The van der Waals surface area contributed by atoms with Gasteiger partial charge < -0.3 is 14.9 Å². The Hall–Kier alpha value is -2.90. The van der Waals surface area contributed by atoms with Crippen LogP contribution in [0.5, 0.6) is 5.75 Å². The van der Waals surface area contributed by atoms with E-state index in [-0.39, 0.29) is 27.3 Å². The molecule has 0 saturated heterocycles. The fourth-order valence-electron chi connectivity index (χ4n) is 3.46. The minimum absolute atomic E-state index is 0.139. The minimum atomic E-state index is -5.65. The molecule has 8 nitrogen and oxygen atoms in total. The number of anilines is 1. The second-order valence-electron chi connectivity index (χ2n) is 7.47. The van der Waals surface area contributed by atoms with Gasteiger partial charge in [-0.3, -0.25) is 9.00 Å². The van der Waals surface area contributed by atoms with Crippen molar-refractivity contribution in [3.8, 4) is 16.9 Å². The molecule has 35 heavy (non-hydrogen) atoms. The van der Waals surface area contributed by atoms with Crippen LogP contribution < -0.4 is 5.32 Å². The van der Waals surface area contributed by atoms with Gasteiger partial charge in [0.05, 0.1) is 43.2 Å². The van der Waals surface area contributed by atoms with E-state index in [2.05, 4.69) is 10.5 Å². The first kappa shape index (κ1) is 26.7. The molecule has 0 radical (unpaired) electrons. The number of phenolic OH excluding ortho intramolecular Hbond substituents is 1. The first-order chi connectivity index (χ1) is 16.1. The maximum Gasteiger partial charge on any atom is 0.501 e. The van der Waals surface area contributed by atoms with Crippen molar-refractivity contribution in [2.75, 3.05) is 11.6 Å². The molecule has 1 unspecified atom stereocenters. The van der Waals surface area contributed by atoms with Crippen LogP contribution in [0.15, 0.2) is 38.6 Å². The number of aryl methyl sites for hydroxylation is 2. The molecule has 0 fully saturated rings. The van der Waals surface area contributed by atoms with Crippen molar-refractivity contribution in [1.82, 2.24) is 5.16 Å². The van der Waals surface area contributed by atoms with Gasteiger partial charge in [-0.15, -0.1) is 0 Å². The van der Waals surface area contributed by atoms with E-state index < -0.39 is 47.7 Å². The van der Waals surface area contributed by atoms with E-state index in [4.69, 9.17) is 16.1 Å². The van der Waals surface area contributed by atoms with E-state index in [1.165, 1.54) is 19.2 Å². The summed E-state index contributed by atoms with van der Waals surface area (Å²) in [7, 11) is -7.22. The molecular weight excluding hydrogens is 533 g/mol. The number of hydrogen-bond donors (Lipinski definition) is 2. The fourth-order valence-corrected chi connectivity index (χ4v) is 5.36. The van der Waals surface area contributed by atoms with Crippen LogP contribution in [-0.4, -0.2) is 40.6 Å². The van der Waals surface area contributed by atoms with Crippen LogP contribution in [0, 0.1) is 20.8 Å². The van der Waals surface area contributed by atoms with Crippen LogP contribution >= 0.6 is 11.6 Å². The Balaban J connectivity index is 2.11. The lowest BCUT2D eigenvalue weighted by atomic mass is 9.96. The third-order valence-electron chi connectivity index (χ3n) is 5.16. The average molecular weight is 551 g/mol. The van der Waals surface area contributed by atoms with E-state index in [9.17, 15) is 35.7 Å². The molecule has 0 aliphatic carbocycles. The number of aromatic nitrogens is 1. The van der Waals surface area contributed by atoms with E-state index >= 15 is 0 Å². The Morgan fingerprint density at radius 1 is 1.20 bits per heavy atom. The molecule has 0 aliphatic rings. The van der Waals surface area contributed by atoms with Crippen molar-refractivity contribution in [3.05, 3.63) is 51.9 Å². The van der Waals surface area contributed by atoms with Gasteiger partial charge in [0, 0.05) is 16.7 Å². The topological polar surface area (TPSA) is 127 Å². The highest BCUT2D eigenvalue weighted by Gasteiger charge is 2.47. The van der Waals surface area contributed by atoms with Crippen LogP contribution in [0.25, 0.3) is 11.1 Å². The molecule has 0 spiro atoms. The van der Waals surface area contributed by atoms with E-state index in [1.807, 2.05) is 0 Å². The number of halogens is 4. The number of amides is 1. The summed E-state index contributed by atoms with van der Waals surface area (Å²) >= 11 is 5.95. The van der Waals surface area contributed by atoms with Gasteiger partial charge in [-0.05, 0) is 50.6 Å². The Kier molecular flexibility index (Phi) is 7.08. The molecule has 2 aromatic carbocycles. The molecule has 0 aliphatic heterocycles. The van der Waals surface area contributed by atoms with Crippen molar-refractivity contribution in [1.29, 1.82) is 0 Å². The van der Waals surface area contributed by atoms with Gasteiger partial charge in [-0.2, -0.15) is 13.2 Å². The van der Waals surface area contributed by atoms with Crippen LogP contribution in [0.2, 0.25) is 5.02 Å². The maximum atomic E-state index is 13.1. The number of hydrogen-bond acceptors (Lipinski definition) is 7. The molecule has 1 atom stereocenters. The standard InChI is InChI=1S/C21H18ClF3N2O6S2/c1-9-16(34(4)30)8-13(18-10(2)27-33-11(18)3)19(28)17(9)20(29)26-15-6-5-12(7-14(15)22)35(31,32)21(23,24)25/h5-8,28H,1-4H3,(H,26,29). The Labute approximate surface area is 205 Å². The highest BCUT2D eigenvalue weighted by molar-refractivity contribution is 7.92. The summed E-state index contributed by atoms with van der Waals surface area (Å²) in [6.07, 6.45) is 1.38. The number of benzene rings is 2. The summed E-state index contributed by atoms with van der Waals surface area (Å²) in [5.74, 6) is -1.06.